The SMILES string of the molecule is CC(C)NC(=O)c1ccccc1NC(=O)c1cccc(S(=O)(=O)NC(C)C)c1. The smallest absolute Gasteiger partial charge is 0.255 e. The van der Waals surface area contributed by atoms with E-state index in [4.69, 9.17) is 0 Å². The molecule has 0 atom stereocenters. The van der Waals surface area contributed by atoms with Crippen molar-refractivity contribution in [3.63, 3.8) is 0 Å². The van der Waals surface area contributed by atoms with E-state index < -0.39 is 15.9 Å². The van der Waals surface area contributed by atoms with E-state index in [-0.39, 0.29) is 28.4 Å². The summed E-state index contributed by atoms with van der Waals surface area (Å²) < 4.78 is 27.1. The molecule has 0 saturated carbocycles. The Bertz CT molecular complexity index is 969. The van der Waals surface area contributed by atoms with Gasteiger partial charge in [0.05, 0.1) is 16.1 Å². The van der Waals surface area contributed by atoms with Crippen LogP contribution in [0.2, 0.25) is 0 Å². The molecule has 2 amide bonds. The molecule has 150 valence electrons. The van der Waals surface area contributed by atoms with Gasteiger partial charge in [-0.15, -0.1) is 0 Å². The van der Waals surface area contributed by atoms with E-state index in [1.807, 2.05) is 13.8 Å². The molecule has 0 spiro atoms. The molecule has 0 unspecified atom stereocenters. The number of sulfonamides is 1. The fourth-order valence-electron chi connectivity index (χ4n) is 2.51. The summed E-state index contributed by atoms with van der Waals surface area (Å²) in [5, 5.41) is 5.47. The van der Waals surface area contributed by atoms with Crippen LogP contribution in [0.4, 0.5) is 5.69 Å². The molecule has 2 aromatic carbocycles. The second-order valence-corrected chi connectivity index (χ2v) is 8.65. The maximum absolute atomic E-state index is 12.7. The highest BCUT2D eigenvalue weighted by Gasteiger charge is 2.19. The van der Waals surface area contributed by atoms with Gasteiger partial charge in [-0.2, -0.15) is 0 Å². The maximum Gasteiger partial charge on any atom is 0.255 e. The third-order valence-corrected chi connectivity index (χ3v) is 5.29. The summed E-state index contributed by atoms with van der Waals surface area (Å²) in [5.41, 5.74) is 0.847. The fourth-order valence-corrected chi connectivity index (χ4v) is 3.80. The minimum absolute atomic E-state index is 0.000291. The number of benzene rings is 2. The van der Waals surface area contributed by atoms with Gasteiger partial charge >= 0.3 is 0 Å². The molecule has 8 heteroatoms. The van der Waals surface area contributed by atoms with Gasteiger partial charge in [-0.1, -0.05) is 18.2 Å². The molecule has 3 N–H and O–H groups in total. The zero-order chi connectivity index (χ0) is 20.9. The quantitative estimate of drug-likeness (QED) is 0.661. The summed E-state index contributed by atoms with van der Waals surface area (Å²) in [6.07, 6.45) is 0. The van der Waals surface area contributed by atoms with Crippen LogP contribution in [0.3, 0.4) is 0 Å². The third-order valence-electron chi connectivity index (χ3n) is 3.64. The summed E-state index contributed by atoms with van der Waals surface area (Å²) in [6.45, 7) is 7.12. The molecule has 0 aliphatic carbocycles. The van der Waals surface area contributed by atoms with E-state index in [9.17, 15) is 18.0 Å². The first kappa shape index (κ1) is 21.6. The number of rotatable bonds is 7. The van der Waals surface area contributed by atoms with Crippen LogP contribution in [-0.2, 0) is 10.0 Å². The van der Waals surface area contributed by atoms with Gasteiger partial charge in [0.2, 0.25) is 10.0 Å². The molecule has 0 radical (unpaired) electrons. The molecule has 0 bridgehead atoms. The van der Waals surface area contributed by atoms with Crippen molar-refractivity contribution in [1.82, 2.24) is 10.0 Å². The van der Waals surface area contributed by atoms with Crippen molar-refractivity contribution >= 4 is 27.5 Å². The molecular formula is C20H25N3O4S. The Morgan fingerprint density at radius 1 is 0.857 bits per heavy atom. The molecule has 2 aromatic rings. The first-order valence-corrected chi connectivity index (χ1v) is 10.4. The first-order chi connectivity index (χ1) is 13.1. The topological polar surface area (TPSA) is 104 Å². The van der Waals surface area contributed by atoms with Crippen molar-refractivity contribution < 1.29 is 18.0 Å². The lowest BCUT2D eigenvalue weighted by Crippen LogP contribution is -2.31. The molecule has 0 saturated heterocycles. The summed E-state index contributed by atoms with van der Waals surface area (Å²) in [4.78, 5) is 25.0. The highest BCUT2D eigenvalue weighted by molar-refractivity contribution is 7.89. The van der Waals surface area contributed by atoms with E-state index in [0.29, 0.717) is 11.3 Å². The third kappa shape index (κ3) is 5.64. The normalized spacial score (nSPS) is 11.5. The lowest BCUT2D eigenvalue weighted by Gasteiger charge is -2.14. The van der Waals surface area contributed by atoms with Gasteiger partial charge in [-0.05, 0) is 58.0 Å². The molecule has 0 heterocycles. The van der Waals surface area contributed by atoms with Gasteiger partial charge in [0.15, 0.2) is 0 Å². The van der Waals surface area contributed by atoms with E-state index >= 15 is 0 Å². The highest BCUT2D eigenvalue weighted by Crippen LogP contribution is 2.18. The van der Waals surface area contributed by atoms with E-state index in [1.165, 1.54) is 24.3 Å². The number of amides is 2. The molecule has 0 fully saturated rings. The minimum atomic E-state index is -3.72. The number of carbonyl (C=O) groups is 2. The average molecular weight is 404 g/mol. The number of anilines is 1. The second kappa shape index (κ2) is 8.99. The number of para-hydroxylation sites is 1. The number of hydrogen-bond acceptors (Lipinski definition) is 4. The van der Waals surface area contributed by atoms with Crippen LogP contribution in [0.5, 0.6) is 0 Å². The minimum Gasteiger partial charge on any atom is -0.350 e. The maximum atomic E-state index is 12.7. The van der Waals surface area contributed by atoms with E-state index in [1.54, 1.807) is 38.1 Å². The Kier molecular flexibility index (Phi) is 6.93. The van der Waals surface area contributed by atoms with Gasteiger partial charge in [0.1, 0.15) is 0 Å². The number of carbonyl (C=O) groups excluding carboxylic acids is 2. The Balaban J connectivity index is 2.28. The molecule has 0 aliphatic rings. The zero-order valence-electron chi connectivity index (χ0n) is 16.3. The molecule has 0 aliphatic heterocycles. The van der Waals surface area contributed by atoms with E-state index in [2.05, 4.69) is 15.4 Å². The Labute approximate surface area is 165 Å². The van der Waals surface area contributed by atoms with Crippen molar-refractivity contribution in [3.8, 4) is 0 Å². The standard InChI is InChI=1S/C20H25N3O4S/c1-13(2)21-20(25)17-10-5-6-11-18(17)22-19(24)15-8-7-9-16(12-15)28(26,27)23-14(3)4/h5-14,23H,1-4H3,(H,21,25)(H,22,24). The van der Waals surface area contributed by atoms with Gasteiger partial charge in [-0.25, -0.2) is 13.1 Å². The lowest BCUT2D eigenvalue weighted by atomic mass is 10.1. The van der Waals surface area contributed by atoms with Crippen LogP contribution in [0.1, 0.15) is 48.4 Å². The largest absolute Gasteiger partial charge is 0.350 e. The van der Waals surface area contributed by atoms with Crippen LogP contribution in [0, 0.1) is 0 Å². The van der Waals surface area contributed by atoms with Crippen LogP contribution >= 0.6 is 0 Å². The predicted molar refractivity (Wildman–Crippen MR) is 109 cm³/mol. The average Bonchev–Trinajstić information content (AvgIpc) is 2.60. The molecule has 28 heavy (non-hydrogen) atoms. The fraction of sp³-hybridized carbons (Fsp3) is 0.300. The Morgan fingerprint density at radius 2 is 1.54 bits per heavy atom. The molecular weight excluding hydrogens is 378 g/mol. The van der Waals surface area contributed by atoms with Crippen LogP contribution in [-0.4, -0.2) is 32.3 Å². The second-order valence-electron chi connectivity index (χ2n) is 6.93. The van der Waals surface area contributed by atoms with Gasteiger partial charge in [-0.3, -0.25) is 9.59 Å². The first-order valence-electron chi connectivity index (χ1n) is 8.94. The molecule has 2 rings (SSSR count). The molecule has 7 nitrogen and oxygen atoms in total. The van der Waals surface area contributed by atoms with Crippen LogP contribution < -0.4 is 15.4 Å². The van der Waals surface area contributed by atoms with Crippen LogP contribution in [0.25, 0.3) is 0 Å². The Hall–Kier alpha value is -2.71. The van der Waals surface area contributed by atoms with Crippen LogP contribution in [0.15, 0.2) is 53.4 Å². The predicted octanol–water partition coefficient (Wildman–Crippen LogP) is 2.76. The number of nitrogens with one attached hydrogen (secondary N) is 3. The van der Waals surface area contributed by atoms with Crippen molar-refractivity contribution in [2.75, 3.05) is 5.32 Å². The van der Waals surface area contributed by atoms with Crippen molar-refractivity contribution in [2.45, 2.75) is 44.7 Å². The van der Waals surface area contributed by atoms with Crippen molar-refractivity contribution in [3.05, 3.63) is 59.7 Å². The summed E-state index contributed by atoms with van der Waals surface area (Å²) in [6, 6.07) is 12.1. The van der Waals surface area contributed by atoms with Gasteiger partial charge in [0, 0.05) is 17.6 Å². The molecule has 0 aromatic heterocycles. The highest BCUT2D eigenvalue weighted by atomic mass is 32.2. The zero-order valence-corrected chi connectivity index (χ0v) is 17.1. The summed E-state index contributed by atoms with van der Waals surface area (Å²) >= 11 is 0. The van der Waals surface area contributed by atoms with Crippen molar-refractivity contribution in [2.24, 2.45) is 0 Å². The summed E-state index contributed by atoms with van der Waals surface area (Å²) in [7, 11) is -3.72. The Morgan fingerprint density at radius 3 is 2.18 bits per heavy atom. The van der Waals surface area contributed by atoms with Crippen molar-refractivity contribution in [1.29, 1.82) is 0 Å². The van der Waals surface area contributed by atoms with E-state index in [0.717, 1.165) is 0 Å². The lowest BCUT2D eigenvalue weighted by molar-refractivity contribution is 0.0944. The monoisotopic (exact) mass is 403 g/mol. The number of hydrogen-bond donors (Lipinski definition) is 3. The summed E-state index contributed by atoms with van der Waals surface area (Å²) in [5.74, 6) is -0.810. The van der Waals surface area contributed by atoms with Gasteiger partial charge < -0.3 is 10.6 Å². The van der Waals surface area contributed by atoms with Gasteiger partial charge in [0.25, 0.3) is 11.8 Å².